The largest absolute Gasteiger partial charge is 0.497 e. The maximum Gasteiger partial charge on any atom is 0.254 e. The zero-order valence-electron chi connectivity index (χ0n) is 19.2. The second-order valence-corrected chi connectivity index (χ2v) is 7.94. The SMILES string of the molecule is COc1ccc(-c2nc(C)cc(=O)n2CC(=O)N2CCN(c3ccc(OC)cc3)CC2)cc1. The summed E-state index contributed by atoms with van der Waals surface area (Å²) in [7, 11) is 3.25. The molecule has 0 atom stereocenters. The number of benzene rings is 2. The molecule has 8 heteroatoms. The molecule has 0 N–H and O–H groups in total. The van der Waals surface area contributed by atoms with Crippen LogP contribution in [0.1, 0.15) is 5.69 Å². The Balaban J connectivity index is 1.48. The van der Waals surface area contributed by atoms with Gasteiger partial charge in [0.15, 0.2) is 0 Å². The molecule has 8 nitrogen and oxygen atoms in total. The summed E-state index contributed by atoms with van der Waals surface area (Å²) in [5, 5.41) is 0. The minimum atomic E-state index is -0.237. The number of aryl methyl sites for hydroxylation is 1. The van der Waals surface area contributed by atoms with Crippen LogP contribution in [0.4, 0.5) is 5.69 Å². The van der Waals surface area contributed by atoms with Gasteiger partial charge in [-0.3, -0.25) is 14.2 Å². The second-order valence-electron chi connectivity index (χ2n) is 7.94. The Morgan fingerprint density at radius 2 is 1.48 bits per heavy atom. The fourth-order valence-corrected chi connectivity index (χ4v) is 3.98. The van der Waals surface area contributed by atoms with Crippen LogP contribution in [-0.4, -0.2) is 60.8 Å². The molecule has 0 bridgehead atoms. The molecule has 2 aromatic carbocycles. The van der Waals surface area contributed by atoms with Gasteiger partial charge in [0.2, 0.25) is 5.91 Å². The molecule has 0 radical (unpaired) electrons. The lowest BCUT2D eigenvalue weighted by Crippen LogP contribution is -2.50. The summed E-state index contributed by atoms with van der Waals surface area (Å²) in [4.78, 5) is 34.5. The van der Waals surface area contributed by atoms with Gasteiger partial charge in [0.25, 0.3) is 5.56 Å². The van der Waals surface area contributed by atoms with Crippen LogP contribution in [0.25, 0.3) is 11.4 Å². The van der Waals surface area contributed by atoms with E-state index in [4.69, 9.17) is 9.47 Å². The summed E-state index contributed by atoms with van der Waals surface area (Å²) in [5.41, 5.74) is 2.23. The zero-order valence-corrected chi connectivity index (χ0v) is 19.2. The van der Waals surface area contributed by atoms with E-state index < -0.39 is 0 Å². The monoisotopic (exact) mass is 448 g/mol. The predicted molar refractivity (Wildman–Crippen MR) is 127 cm³/mol. The number of methoxy groups -OCH3 is 2. The number of ether oxygens (including phenoxy) is 2. The Bertz CT molecular complexity index is 1160. The van der Waals surface area contributed by atoms with Crippen molar-refractivity contribution in [3.63, 3.8) is 0 Å². The molecular formula is C25H28N4O4. The van der Waals surface area contributed by atoms with Crippen LogP contribution in [0.3, 0.4) is 0 Å². The van der Waals surface area contributed by atoms with Gasteiger partial charge in [0.1, 0.15) is 23.9 Å². The zero-order chi connectivity index (χ0) is 23.4. The molecule has 0 spiro atoms. The lowest BCUT2D eigenvalue weighted by molar-refractivity contribution is -0.132. The molecular weight excluding hydrogens is 420 g/mol. The Morgan fingerprint density at radius 3 is 2.06 bits per heavy atom. The van der Waals surface area contributed by atoms with Crippen molar-refractivity contribution in [2.45, 2.75) is 13.5 Å². The number of hydrogen-bond donors (Lipinski definition) is 0. The van der Waals surface area contributed by atoms with Crippen LogP contribution < -0.4 is 19.9 Å². The van der Waals surface area contributed by atoms with Crippen molar-refractivity contribution < 1.29 is 14.3 Å². The van der Waals surface area contributed by atoms with Crippen LogP contribution in [0, 0.1) is 6.92 Å². The van der Waals surface area contributed by atoms with Gasteiger partial charge in [-0.05, 0) is 55.5 Å². The number of hydrogen-bond acceptors (Lipinski definition) is 6. The van der Waals surface area contributed by atoms with E-state index in [0.29, 0.717) is 30.4 Å². The number of rotatable bonds is 6. The first-order valence-corrected chi connectivity index (χ1v) is 10.9. The van der Waals surface area contributed by atoms with E-state index in [-0.39, 0.29) is 18.0 Å². The highest BCUT2D eigenvalue weighted by molar-refractivity contribution is 5.77. The summed E-state index contributed by atoms with van der Waals surface area (Å²) >= 11 is 0. The quantitative estimate of drug-likeness (QED) is 0.577. The van der Waals surface area contributed by atoms with Crippen LogP contribution >= 0.6 is 0 Å². The van der Waals surface area contributed by atoms with Gasteiger partial charge in [-0.25, -0.2) is 4.98 Å². The van der Waals surface area contributed by atoms with E-state index >= 15 is 0 Å². The molecule has 33 heavy (non-hydrogen) atoms. The number of carbonyl (C=O) groups excluding carboxylic acids is 1. The first kappa shape index (κ1) is 22.4. The number of anilines is 1. The Morgan fingerprint density at radius 1 is 0.909 bits per heavy atom. The lowest BCUT2D eigenvalue weighted by atomic mass is 10.2. The van der Waals surface area contributed by atoms with Crippen LogP contribution in [-0.2, 0) is 11.3 Å². The smallest absolute Gasteiger partial charge is 0.254 e. The van der Waals surface area contributed by atoms with Gasteiger partial charge >= 0.3 is 0 Å². The van der Waals surface area contributed by atoms with E-state index in [1.807, 2.05) is 53.4 Å². The number of aromatic nitrogens is 2. The molecule has 0 saturated carbocycles. The van der Waals surface area contributed by atoms with Crippen molar-refractivity contribution >= 4 is 11.6 Å². The highest BCUT2D eigenvalue weighted by atomic mass is 16.5. The minimum absolute atomic E-state index is 0.0456. The fourth-order valence-electron chi connectivity index (χ4n) is 3.98. The van der Waals surface area contributed by atoms with Gasteiger partial charge < -0.3 is 19.3 Å². The molecule has 3 aromatic rings. The second kappa shape index (κ2) is 9.77. The van der Waals surface area contributed by atoms with Crippen LogP contribution in [0.5, 0.6) is 11.5 Å². The molecule has 1 aliphatic heterocycles. The van der Waals surface area contributed by atoms with E-state index in [1.54, 1.807) is 21.1 Å². The van der Waals surface area contributed by atoms with Gasteiger partial charge in [-0.15, -0.1) is 0 Å². The molecule has 2 heterocycles. The number of piperazine rings is 1. The molecule has 1 aromatic heterocycles. The van der Waals surface area contributed by atoms with Crippen molar-refractivity contribution in [2.24, 2.45) is 0 Å². The molecule has 1 aliphatic rings. The molecule has 0 aliphatic carbocycles. The average Bonchev–Trinajstić information content (AvgIpc) is 2.85. The van der Waals surface area contributed by atoms with Gasteiger partial charge in [-0.1, -0.05) is 0 Å². The third-order valence-electron chi connectivity index (χ3n) is 5.85. The van der Waals surface area contributed by atoms with E-state index in [1.165, 1.54) is 10.6 Å². The molecule has 172 valence electrons. The third-order valence-corrected chi connectivity index (χ3v) is 5.85. The standard InChI is InChI=1S/C25H28N4O4/c1-18-16-23(30)29(25(26-18)19-4-8-21(32-2)9-5-19)17-24(31)28-14-12-27(13-15-28)20-6-10-22(33-3)11-7-20/h4-11,16H,12-15,17H2,1-3H3. The van der Waals surface area contributed by atoms with Crippen molar-refractivity contribution in [2.75, 3.05) is 45.3 Å². The molecule has 0 unspecified atom stereocenters. The van der Waals surface area contributed by atoms with Crippen LogP contribution in [0.15, 0.2) is 59.4 Å². The molecule has 1 fully saturated rings. The van der Waals surface area contributed by atoms with E-state index in [2.05, 4.69) is 9.88 Å². The van der Waals surface area contributed by atoms with E-state index in [9.17, 15) is 9.59 Å². The maximum atomic E-state index is 13.1. The number of amides is 1. The topological polar surface area (TPSA) is 76.9 Å². The normalized spacial score (nSPS) is 13.7. The van der Waals surface area contributed by atoms with E-state index in [0.717, 1.165) is 30.1 Å². The summed E-state index contributed by atoms with van der Waals surface area (Å²) in [6.07, 6.45) is 0. The molecule has 4 rings (SSSR count). The first-order valence-electron chi connectivity index (χ1n) is 10.9. The highest BCUT2D eigenvalue weighted by Gasteiger charge is 2.23. The van der Waals surface area contributed by atoms with Crippen LogP contribution in [0.2, 0.25) is 0 Å². The maximum absolute atomic E-state index is 13.1. The Hall–Kier alpha value is -3.81. The molecule has 1 saturated heterocycles. The summed E-state index contributed by atoms with van der Waals surface area (Å²) in [6.45, 7) is 4.37. The van der Waals surface area contributed by atoms with Crippen molar-refractivity contribution in [1.82, 2.24) is 14.5 Å². The van der Waals surface area contributed by atoms with Gasteiger partial charge in [-0.2, -0.15) is 0 Å². The van der Waals surface area contributed by atoms with Crippen molar-refractivity contribution in [1.29, 1.82) is 0 Å². The number of carbonyl (C=O) groups is 1. The van der Waals surface area contributed by atoms with Gasteiger partial charge in [0, 0.05) is 49.2 Å². The van der Waals surface area contributed by atoms with Gasteiger partial charge in [0.05, 0.1) is 14.2 Å². The predicted octanol–water partition coefficient (Wildman–Crippen LogP) is 2.58. The third kappa shape index (κ3) is 5.00. The van der Waals surface area contributed by atoms with Crippen molar-refractivity contribution in [3.8, 4) is 22.9 Å². The average molecular weight is 449 g/mol. The minimum Gasteiger partial charge on any atom is -0.497 e. The Labute approximate surface area is 193 Å². The lowest BCUT2D eigenvalue weighted by Gasteiger charge is -2.36. The Kier molecular flexibility index (Phi) is 6.63. The van der Waals surface area contributed by atoms with Crippen molar-refractivity contribution in [3.05, 3.63) is 70.6 Å². The summed E-state index contributed by atoms with van der Waals surface area (Å²) in [5.74, 6) is 1.92. The first-order chi connectivity index (χ1) is 16.0. The summed E-state index contributed by atoms with van der Waals surface area (Å²) in [6, 6.07) is 16.7. The highest BCUT2D eigenvalue weighted by Crippen LogP contribution is 2.22. The molecule has 1 amide bonds. The fraction of sp³-hybridized carbons (Fsp3) is 0.320. The summed E-state index contributed by atoms with van der Waals surface area (Å²) < 4.78 is 11.9. The number of nitrogens with zero attached hydrogens (tertiary/aromatic N) is 4.